The molecule has 4 heteroatoms. The first-order valence-electron chi connectivity index (χ1n) is 6.63. The number of aryl methyl sites for hydroxylation is 1. The lowest BCUT2D eigenvalue weighted by molar-refractivity contribution is 0.102. The molecule has 2 aromatic carbocycles. The Morgan fingerprint density at radius 1 is 1.05 bits per heavy atom. The van der Waals surface area contributed by atoms with Gasteiger partial charge in [-0.25, -0.2) is 0 Å². The SMILES string of the molecule is Cc1cccc(NC(=O)c2cc3ccccc3c(=O)[nH]2)c1. The van der Waals surface area contributed by atoms with E-state index in [2.05, 4.69) is 10.3 Å². The predicted octanol–water partition coefficient (Wildman–Crippen LogP) is 3.09. The van der Waals surface area contributed by atoms with Crippen LogP contribution in [0.4, 0.5) is 5.69 Å². The van der Waals surface area contributed by atoms with E-state index in [1.807, 2.05) is 43.3 Å². The second kappa shape index (κ2) is 5.25. The molecule has 2 N–H and O–H groups in total. The average Bonchev–Trinajstić information content (AvgIpc) is 2.47. The fourth-order valence-corrected chi connectivity index (χ4v) is 2.25. The van der Waals surface area contributed by atoms with Gasteiger partial charge in [0.25, 0.3) is 11.5 Å². The lowest BCUT2D eigenvalue weighted by Gasteiger charge is -2.07. The largest absolute Gasteiger partial charge is 0.321 e. The van der Waals surface area contributed by atoms with E-state index in [-0.39, 0.29) is 17.2 Å². The van der Waals surface area contributed by atoms with Gasteiger partial charge in [-0.2, -0.15) is 0 Å². The Hall–Kier alpha value is -2.88. The minimum Gasteiger partial charge on any atom is -0.321 e. The second-order valence-electron chi connectivity index (χ2n) is 4.92. The van der Waals surface area contributed by atoms with Gasteiger partial charge in [-0.1, -0.05) is 30.3 Å². The molecule has 0 unspecified atom stereocenters. The van der Waals surface area contributed by atoms with E-state index < -0.39 is 0 Å². The van der Waals surface area contributed by atoms with Crippen molar-refractivity contribution >= 4 is 22.4 Å². The number of hydrogen-bond acceptors (Lipinski definition) is 2. The van der Waals surface area contributed by atoms with Crippen LogP contribution < -0.4 is 10.9 Å². The number of anilines is 1. The molecule has 1 amide bonds. The molecule has 0 aliphatic heterocycles. The minimum absolute atomic E-state index is 0.250. The third kappa shape index (κ3) is 2.69. The van der Waals surface area contributed by atoms with E-state index in [0.29, 0.717) is 11.1 Å². The summed E-state index contributed by atoms with van der Waals surface area (Å²) in [5, 5.41) is 4.10. The maximum absolute atomic E-state index is 12.2. The number of nitrogens with one attached hydrogen (secondary N) is 2. The summed E-state index contributed by atoms with van der Waals surface area (Å²) in [4.78, 5) is 26.8. The Morgan fingerprint density at radius 2 is 1.86 bits per heavy atom. The lowest BCUT2D eigenvalue weighted by Crippen LogP contribution is -2.18. The summed E-state index contributed by atoms with van der Waals surface area (Å²) in [6, 6.07) is 16.4. The summed E-state index contributed by atoms with van der Waals surface area (Å²) in [5.41, 5.74) is 1.75. The van der Waals surface area contributed by atoms with Gasteiger partial charge < -0.3 is 10.3 Å². The van der Waals surface area contributed by atoms with Crippen LogP contribution in [0.5, 0.6) is 0 Å². The Morgan fingerprint density at radius 3 is 2.67 bits per heavy atom. The molecule has 1 aromatic heterocycles. The maximum atomic E-state index is 12.2. The van der Waals surface area contributed by atoms with E-state index in [1.165, 1.54) is 0 Å². The van der Waals surface area contributed by atoms with Crippen molar-refractivity contribution in [2.24, 2.45) is 0 Å². The molecule has 3 rings (SSSR count). The minimum atomic E-state index is -0.330. The first-order chi connectivity index (χ1) is 10.1. The summed E-state index contributed by atoms with van der Waals surface area (Å²) < 4.78 is 0. The molecule has 0 saturated heterocycles. The molecule has 0 saturated carbocycles. The normalized spacial score (nSPS) is 10.5. The highest BCUT2D eigenvalue weighted by Gasteiger charge is 2.09. The van der Waals surface area contributed by atoms with E-state index in [0.717, 1.165) is 10.9 Å². The Kier molecular flexibility index (Phi) is 3.28. The van der Waals surface area contributed by atoms with Crippen LogP contribution in [0.25, 0.3) is 10.8 Å². The number of hydrogen-bond donors (Lipinski definition) is 2. The number of rotatable bonds is 2. The number of fused-ring (bicyclic) bond motifs is 1. The number of aromatic nitrogens is 1. The zero-order chi connectivity index (χ0) is 14.8. The first kappa shape index (κ1) is 13.1. The third-order valence-electron chi connectivity index (χ3n) is 3.27. The number of carbonyl (C=O) groups is 1. The molecule has 0 atom stereocenters. The molecule has 104 valence electrons. The molecule has 0 fully saturated rings. The first-order valence-corrected chi connectivity index (χ1v) is 6.63. The van der Waals surface area contributed by atoms with Crippen LogP contribution >= 0.6 is 0 Å². The molecule has 0 aliphatic carbocycles. The average molecular weight is 278 g/mol. The van der Waals surface area contributed by atoms with Gasteiger partial charge in [0, 0.05) is 11.1 Å². The highest BCUT2D eigenvalue weighted by atomic mass is 16.2. The molecule has 0 radical (unpaired) electrons. The summed E-state index contributed by atoms with van der Waals surface area (Å²) >= 11 is 0. The summed E-state index contributed by atoms with van der Waals surface area (Å²) in [7, 11) is 0. The van der Waals surface area contributed by atoms with Crippen molar-refractivity contribution in [3.63, 3.8) is 0 Å². The highest BCUT2D eigenvalue weighted by Crippen LogP contribution is 2.13. The van der Waals surface area contributed by atoms with Crippen LogP contribution in [0.2, 0.25) is 0 Å². The molecule has 4 nitrogen and oxygen atoms in total. The van der Waals surface area contributed by atoms with Gasteiger partial charge in [-0.15, -0.1) is 0 Å². The summed E-state index contributed by atoms with van der Waals surface area (Å²) in [5.74, 6) is -0.330. The molecule has 1 heterocycles. The monoisotopic (exact) mass is 278 g/mol. The van der Waals surface area contributed by atoms with Gasteiger partial charge in [-0.05, 0) is 42.1 Å². The molecular weight excluding hydrogens is 264 g/mol. The van der Waals surface area contributed by atoms with Crippen LogP contribution in [-0.4, -0.2) is 10.9 Å². The number of carbonyl (C=O) groups excluding carboxylic acids is 1. The third-order valence-corrected chi connectivity index (χ3v) is 3.27. The van der Waals surface area contributed by atoms with Gasteiger partial charge in [0.2, 0.25) is 0 Å². The van der Waals surface area contributed by atoms with Crippen LogP contribution in [0, 0.1) is 6.92 Å². The van der Waals surface area contributed by atoms with Crippen LogP contribution in [0.3, 0.4) is 0 Å². The van der Waals surface area contributed by atoms with Crippen molar-refractivity contribution in [1.82, 2.24) is 4.98 Å². The number of aromatic amines is 1. The fourth-order valence-electron chi connectivity index (χ4n) is 2.25. The van der Waals surface area contributed by atoms with Gasteiger partial charge in [-0.3, -0.25) is 9.59 Å². The van der Waals surface area contributed by atoms with Gasteiger partial charge in [0.15, 0.2) is 0 Å². The Bertz CT molecular complexity index is 881. The molecule has 21 heavy (non-hydrogen) atoms. The lowest BCUT2D eigenvalue weighted by atomic mass is 10.1. The van der Waals surface area contributed by atoms with Crippen LogP contribution in [0.15, 0.2) is 59.4 Å². The molecule has 3 aromatic rings. The number of benzene rings is 2. The standard InChI is InChI=1S/C17H14N2O2/c1-11-5-4-7-13(9-11)18-17(21)15-10-12-6-2-3-8-14(12)16(20)19-15/h2-10H,1H3,(H,18,21)(H,19,20). The maximum Gasteiger partial charge on any atom is 0.272 e. The Labute approximate surface area is 121 Å². The number of amides is 1. The number of H-pyrrole nitrogens is 1. The van der Waals surface area contributed by atoms with Crippen molar-refractivity contribution in [1.29, 1.82) is 0 Å². The van der Waals surface area contributed by atoms with Gasteiger partial charge in [0.1, 0.15) is 5.69 Å². The summed E-state index contributed by atoms with van der Waals surface area (Å²) in [6.45, 7) is 1.95. The van der Waals surface area contributed by atoms with Crippen molar-refractivity contribution in [3.05, 3.63) is 76.2 Å². The molecule has 0 aliphatic rings. The topological polar surface area (TPSA) is 62.0 Å². The van der Waals surface area contributed by atoms with E-state index in [4.69, 9.17) is 0 Å². The second-order valence-corrected chi connectivity index (χ2v) is 4.92. The van der Waals surface area contributed by atoms with Crippen molar-refractivity contribution in [3.8, 4) is 0 Å². The Balaban J connectivity index is 1.96. The van der Waals surface area contributed by atoms with Crippen LogP contribution in [0.1, 0.15) is 16.1 Å². The van der Waals surface area contributed by atoms with Crippen LogP contribution in [-0.2, 0) is 0 Å². The van der Waals surface area contributed by atoms with Crippen molar-refractivity contribution in [2.75, 3.05) is 5.32 Å². The van der Waals surface area contributed by atoms with E-state index in [9.17, 15) is 9.59 Å². The molecule has 0 spiro atoms. The fraction of sp³-hybridized carbons (Fsp3) is 0.0588. The summed E-state index contributed by atoms with van der Waals surface area (Å²) in [6.07, 6.45) is 0. The van der Waals surface area contributed by atoms with Crippen molar-refractivity contribution in [2.45, 2.75) is 6.92 Å². The molecule has 0 bridgehead atoms. The quantitative estimate of drug-likeness (QED) is 0.756. The van der Waals surface area contributed by atoms with E-state index in [1.54, 1.807) is 18.2 Å². The number of pyridine rings is 1. The zero-order valence-corrected chi connectivity index (χ0v) is 11.5. The predicted molar refractivity (Wildman–Crippen MR) is 83.7 cm³/mol. The molecular formula is C17H14N2O2. The zero-order valence-electron chi connectivity index (χ0n) is 11.5. The highest BCUT2D eigenvalue weighted by molar-refractivity contribution is 6.04. The van der Waals surface area contributed by atoms with E-state index >= 15 is 0 Å². The van der Waals surface area contributed by atoms with Crippen molar-refractivity contribution < 1.29 is 4.79 Å². The van der Waals surface area contributed by atoms with Gasteiger partial charge >= 0.3 is 0 Å². The smallest absolute Gasteiger partial charge is 0.272 e. The van der Waals surface area contributed by atoms with Gasteiger partial charge in [0.05, 0.1) is 0 Å².